The summed E-state index contributed by atoms with van der Waals surface area (Å²) in [5, 5.41) is 11.3. The molecule has 3 nitrogen and oxygen atoms in total. The molecular weight excluding hydrogens is 275 g/mol. The molecule has 0 saturated carbocycles. The molecule has 1 aromatic rings. The Hall–Kier alpha value is -0.320. The molecule has 1 atom stereocenters. The Morgan fingerprint density at radius 1 is 1.17 bits per heavy atom. The Balaban J connectivity index is 2.71. The average Bonchev–Trinajstić information content (AvgIpc) is 2.33. The van der Waals surface area contributed by atoms with Crippen LogP contribution in [-0.4, -0.2) is 30.7 Å². The van der Waals surface area contributed by atoms with E-state index >= 15 is 0 Å². The van der Waals surface area contributed by atoms with Crippen molar-refractivity contribution in [1.29, 1.82) is 0 Å². The van der Waals surface area contributed by atoms with E-state index in [0.717, 1.165) is 5.56 Å². The molecule has 0 aliphatic rings. The smallest absolute Gasteiger partial charge is 0.183 e. The number of hydrogen-bond donors (Lipinski definition) is 1. The van der Waals surface area contributed by atoms with Crippen LogP contribution < -0.4 is 0 Å². The molecule has 0 aliphatic carbocycles. The zero-order valence-electron chi connectivity index (χ0n) is 10.5. The summed E-state index contributed by atoms with van der Waals surface area (Å²) in [5.74, 6) is 0. The van der Waals surface area contributed by atoms with Gasteiger partial charge >= 0.3 is 0 Å². The Morgan fingerprint density at radius 2 is 1.78 bits per heavy atom. The molecule has 1 rings (SSSR count). The second-order valence-corrected chi connectivity index (χ2v) is 4.63. The van der Waals surface area contributed by atoms with E-state index in [2.05, 4.69) is 0 Å². The van der Waals surface area contributed by atoms with Crippen molar-refractivity contribution in [1.82, 2.24) is 0 Å². The van der Waals surface area contributed by atoms with Gasteiger partial charge in [-0.1, -0.05) is 23.2 Å². The maximum Gasteiger partial charge on any atom is 0.183 e. The highest BCUT2D eigenvalue weighted by Gasteiger charge is 2.21. The summed E-state index contributed by atoms with van der Waals surface area (Å²) >= 11 is 11.9. The first-order valence-electron chi connectivity index (χ1n) is 5.93. The first kappa shape index (κ1) is 15.7. The zero-order chi connectivity index (χ0) is 13.5. The van der Waals surface area contributed by atoms with E-state index in [0.29, 0.717) is 29.7 Å². The van der Waals surface area contributed by atoms with Crippen LogP contribution in [0.4, 0.5) is 0 Å². The number of rotatable bonds is 7. The monoisotopic (exact) mass is 292 g/mol. The lowest BCUT2D eigenvalue weighted by atomic mass is 10.1. The summed E-state index contributed by atoms with van der Waals surface area (Å²) in [6, 6.07) is 5.16. The number of hydrogen-bond acceptors (Lipinski definition) is 3. The molecular formula is C13H18Cl2O3. The fraction of sp³-hybridized carbons (Fsp3) is 0.538. The Kier molecular flexibility index (Phi) is 6.97. The summed E-state index contributed by atoms with van der Waals surface area (Å²) < 4.78 is 10.7. The molecule has 0 saturated heterocycles. The molecule has 5 heteroatoms. The largest absolute Gasteiger partial charge is 0.387 e. The highest BCUT2D eigenvalue weighted by Crippen LogP contribution is 2.23. The fourth-order valence-electron chi connectivity index (χ4n) is 1.62. The number of ether oxygens (including phenoxy) is 2. The molecule has 0 bridgehead atoms. The second-order valence-electron chi connectivity index (χ2n) is 3.79. The normalized spacial score (nSPS) is 13.0. The van der Waals surface area contributed by atoms with Crippen molar-refractivity contribution in [2.45, 2.75) is 32.7 Å². The van der Waals surface area contributed by atoms with Crippen molar-refractivity contribution in [3.63, 3.8) is 0 Å². The zero-order valence-corrected chi connectivity index (χ0v) is 12.0. The number of aliphatic hydroxyl groups is 1. The minimum atomic E-state index is -0.777. The molecule has 1 N–H and O–H groups in total. The van der Waals surface area contributed by atoms with E-state index in [9.17, 15) is 5.11 Å². The standard InChI is InChI=1S/C13H18Cl2O3/c1-3-17-13(18-4-2)12(16)8-9-7-10(14)5-6-11(9)15/h5-7,12-13,16H,3-4,8H2,1-2H3. The molecule has 1 aromatic carbocycles. The Bertz CT molecular complexity index is 365. The third kappa shape index (κ3) is 4.75. The van der Waals surface area contributed by atoms with E-state index in [4.69, 9.17) is 32.7 Å². The Labute approximate surface area is 118 Å². The topological polar surface area (TPSA) is 38.7 Å². The van der Waals surface area contributed by atoms with Gasteiger partial charge in [0.15, 0.2) is 6.29 Å². The molecule has 1 unspecified atom stereocenters. The van der Waals surface area contributed by atoms with E-state index in [1.54, 1.807) is 18.2 Å². The summed E-state index contributed by atoms with van der Waals surface area (Å²) in [7, 11) is 0. The first-order chi connectivity index (χ1) is 8.58. The molecule has 0 heterocycles. The fourth-order valence-corrected chi connectivity index (χ4v) is 2.01. The molecule has 18 heavy (non-hydrogen) atoms. The summed E-state index contributed by atoms with van der Waals surface area (Å²) in [4.78, 5) is 0. The molecule has 0 aliphatic heterocycles. The van der Waals surface area contributed by atoms with Crippen LogP contribution in [0.15, 0.2) is 18.2 Å². The van der Waals surface area contributed by atoms with Gasteiger partial charge in [0.2, 0.25) is 0 Å². The van der Waals surface area contributed by atoms with Crippen LogP contribution in [0.3, 0.4) is 0 Å². The molecule has 0 radical (unpaired) electrons. The van der Waals surface area contributed by atoms with Gasteiger partial charge in [0.25, 0.3) is 0 Å². The van der Waals surface area contributed by atoms with Gasteiger partial charge in [-0.2, -0.15) is 0 Å². The molecule has 0 spiro atoms. The van der Waals surface area contributed by atoms with Crippen molar-refractivity contribution in [3.8, 4) is 0 Å². The third-order valence-corrected chi connectivity index (χ3v) is 3.02. The lowest BCUT2D eigenvalue weighted by Gasteiger charge is -2.23. The van der Waals surface area contributed by atoms with Gasteiger partial charge in [-0.05, 0) is 37.6 Å². The average molecular weight is 293 g/mol. The van der Waals surface area contributed by atoms with E-state index < -0.39 is 12.4 Å². The summed E-state index contributed by atoms with van der Waals surface area (Å²) in [5.41, 5.74) is 0.779. The van der Waals surface area contributed by atoms with Crippen LogP contribution in [0.2, 0.25) is 10.0 Å². The van der Waals surface area contributed by atoms with Gasteiger partial charge in [-0.3, -0.25) is 0 Å². The predicted octanol–water partition coefficient (Wildman–Crippen LogP) is 3.30. The van der Waals surface area contributed by atoms with Crippen LogP contribution in [0.25, 0.3) is 0 Å². The van der Waals surface area contributed by atoms with Gasteiger partial charge < -0.3 is 14.6 Å². The minimum Gasteiger partial charge on any atom is -0.387 e. The van der Waals surface area contributed by atoms with Crippen LogP contribution in [0, 0.1) is 0 Å². The van der Waals surface area contributed by atoms with Crippen molar-refractivity contribution in [2.24, 2.45) is 0 Å². The second kappa shape index (κ2) is 7.97. The SMILES string of the molecule is CCOC(OCC)C(O)Cc1cc(Cl)ccc1Cl. The van der Waals surface area contributed by atoms with Gasteiger partial charge in [0.1, 0.15) is 6.10 Å². The third-order valence-electron chi connectivity index (χ3n) is 2.41. The van der Waals surface area contributed by atoms with Crippen molar-refractivity contribution in [3.05, 3.63) is 33.8 Å². The molecule has 0 aromatic heterocycles. The highest BCUT2D eigenvalue weighted by atomic mass is 35.5. The van der Waals surface area contributed by atoms with Crippen LogP contribution in [0.5, 0.6) is 0 Å². The van der Waals surface area contributed by atoms with Gasteiger partial charge in [-0.25, -0.2) is 0 Å². The molecule has 102 valence electrons. The van der Waals surface area contributed by atoms with Crippen molar-refractivity contribution < 1.29 is 14.6 Å². The number of benzene rings is 1. The van der Waals surface area contributed by atoms with Gasteiger partial charge in [-0.15, -0.1) is 0 Å². The maximum atomic E-state index is 10.1. The van der Waals surface area contributed by atoms with Gasteiger partial charge in [0, 0.05) is 29.7 Å². The lowest BCUT2D eigenvalue weighted by Crippen LogP contribution is -2.33. The quantitative estimate of drug-likeness (QED) is 0.784. The van der Waals surface area contributed by atoms with Crippen molar-refractivity contribution >= 4 is 23.2 Å². The first-order valence-corrected chi connectivity index (χ1v) is 6.69. The van der Waals surface area contributed by atoms with Crippen LogP contribution in [-0.2, 0) is 15.9 Å². The maximum absolute atomic E-state index is 10.1. The Morgan fingerprint density at radius 3 is 2.33 bits per heavy atom. The van der Waals surface area contributed by atoms with Crippen LogP contribution in [0.1, 0.15) is 19.4 Å². The summed E-state index contributed by atoms with van der Waals surface area (Å²) in [6.07, 6.45) is -1.08. The van der Waals surface area contributed by atoms with E-state index in [-0.39, 0.29) is 0 Å². The van der Waals surface area contributed by atoms with Crippen LogP contribution >= 0.6 is 23.2 Å². The number of halogens is 2. The number of aliphatic hydroxyl groups excluding tert-OH is 1. The van der Waals surface area contributed by atoms with E-state index in [1.165, 1.54) is 0 Å². The predicted molar refractivity (Wildman–Crippen MR) is 73.2 cm³/mol. The summed E-state index contributed by atoms with van der Waals surface area (Å²) in [6.45, 7) is 4.66. The lowest BCUT2D eigenvalue weighted by molar-refractivity contribution is -0.188. The van der Waals surface area contributed by atoms with E-state index in [1.807, 2.05) is 13.8 Å². The van der Waals surface area contributed by atoms with Crippen molar-refractivity contribution in [2.75, 3.05) is 13.2 Å². The molecule has 0 fully saturated rings. The van der Waals surface area contributed by atoms with Gasteiger partial charge in [0.05, 0.1) is 0 Å². The molecule has 0 amide bonds. The minimum absolute atomic E-state index is 0.337. The highest BCUT2D eigenvalue weighted by molar-refractivity contribution is 6.33.